The summed E-state index contributed by atoms with van der Waals surface area (Å²) in [6.07, 6.45) is 0.889. The fourth-order valence-electron chi connectivity index (χ4n) is 5.30. The van der Waals surface area contributed by atoms with E-state index < -0.39 is 8.32 Å². The second kappa shape index (κ2) is 9.71. The Hall–Kier alpha value is -1.90. The van der Waals surface area contributed by atoms with Gasteiger partial charge in [0.15, 0.2) is 8.32 Å². The average Bonchev–Trinajstić information content (AvgIpc) is 3.01. The van der Waals surface area contributed by atoms with Crippen LogP contribution in [0.25, 0.3) is 11.0 Å². The van der Waals surface area contributed by atoms with Crippen LogP contribution in [0, 0.1) is 0 Å². The molecule has 0 aliphatic carbocycles. The lowest BCUT2D eigenvalue weighted by molar-refractivity contribution is -0.125. The minimum atomic E-state index is -1.85. The van der Waals surface area contributed by atoms with Crippen molar-refractivity contribution >= 4 is 36.9 Å². The number of carbonyl (C=O) groups is 1. The second-order valence-electron chi connectivity index (χ2n) is 9.41. The van der Waals surface area contributed by atoms with E-state index in [-0.39, 0.29) is 12.5 Å². The Bertz CT molecular complexity index is 888. The highest BCUT2D eigenvalue weighted by molar-refractivity contribution is 6.77. The van der Waals surface area contributed by atoms with Gasteiger partial charge in [-0.3, -0.25) is 4.79 Å². The Kier molecular flexibility index (Phi) is 7.44. The summed E-state index contributed by atoms with van der Waals surface area (Å²) in [5.74, 6) is 0.476. The van der Waals surface area contributed by atoms with Crippen molar-refractivity contribution in [3.63, 3.8) is 0 Å². The zero-order chi connectivity index (χ0) is 22.8. The molecule has 1 fully saturated rings. The number of nitrogens with two attached hydrogens (primary N) is 1. The van der Waals surface area contributed by atoms with E-state index in [1.54, 1.807) is 4.90 Å². The average molecular weight is 447 g/mol. The van der Waals surface area contributed by atoms with E-state index in [0.717, 1.165) is 36.3 Å². The third kappa shape index (κ3) is 4.66. The molecule has 3 rings (SSSR count). The van der Waals surface area contributed by atoms with Crippen molar-refractivity contribution in [3.05, 3.63) is 18.2 Å². The minimum Gasteiger partial charge on any atom is -0.416 e. The van der Waals surface area contributed by atoms with Gasteiger partial charge in [0, 0.05) is 25.4 Å². The summed E-state index contributed by atoms with van der Waals surface area (Å²) in [5.41, 5.74) is 10.6. The van der Waals surface area contributed by atoms with E-state index in [4.69, 9.17) is 14.9 Å². The zero-order valence-corrected chi connectivity index (χ0v) is 20.9. The van der Waals surface area contributed by atoms with E-state index in [9.17, 15) is 4.79 Å². The number of aromatic nitrogens is 2. The van der Waals surface area contributed by atoms with Crippen LogP contribution in [0.3, 0.4) is 0 Å². The quantitative estimate of drug-likeness (QED) is 0.451. The van der Waals surface area contributed by atoms with Crippen molar-refractivity contribution in [2.45, 2.75) is 71.1 Å². The summed E-state index contributed by atoms with van der Waals surface area (Å²) in [5, 5.41) is 0. The Labute approximate surface area is 187 Å². The summed E-state index contributed by atoms with van der Waals surface area (Å²) >= 11 is 0. The number of morpholine rings is 1. The molecule has 1 aliphatic heterocycles. The van der Waals surface area contributed by atoms with Crippen LogP contribution in [-0.4, -0.2) is 50.1 Å². The van der Waals surface area contributed by atoms with Crippen molar-refractivity contribution < 1.29 is 14.0 Å². The van der Waals surface area contributed by atoms with Crippen molar-refractivity contribution in [1.29, 1.82) is 0 Å². The van der Waals surface area contributed by atoms with Crippen LogP contribution in [0.2, 0.25) is 16.6 Å². The van der Waals surface area contributed by atoms with Gasteiger partial charge in [0.2, 0.25) is 5.95 Å². The van der Waals surface area contributed by atoms with E-state index in [1.807, 2.05) is 22.8 Å². The van der Waals surface area contributed by atoms with Gasteiger partial charge in [0.1, 0.15) is 6.61 Å². The van der Waals surface area contributed by atoms with E-state index >= 15 is 0 Å². The van der Waals surface area contributed by atoms with E-state index in [2.05, 4.69) is 46.5 Å². The molecule has 2 N–H and O–H groups in total. The summed E-state index contributed by atoms with van der Waals surface area (Å²) in [4.78, 5) is 18.4. The number of nitrogen functional groups attached to an aromatic ring is 1. The maximum Gasteiger partial charge on any atom is 0.253 e. The molecule has 8 heteroatoms. The van der Waals surface area contributed by atoms with Crippen LogP contribution >= 0.6 is 0 Å². The molecular formula is C23H38N4O3Si. The topological polar surface area (TPSA) is 82.6 Å². The molecule has 1 saturated heterocycles. The number of anilines is 2. The van der Waals surface area contributed by atoms with Crippen molar-refractivity contribution in [2.75, 3.05) is 37.0 Å². The summed E-state index contributed by atoms with van der Waals surface area (Å²) in [6, 6.07) is 5.91. The monoisotopic (exact) mass is 446 g/mol. The molecule has 2 aromatic rings. The number of fused-ring (bicyclic) bond motifs is 1. The molecule has 31 heavy (non-hydrogen) atoms. The van der Waals surface area contributed by atoms with Gasteiger partial charge in [-0.05, 0) is 41.2 Å². The lowest BCUT2D eigenvalue weighted by Crippen LogP contribution is -2.48. The van der Waals surface area contributed by atoms with Gasteiger partial charge >= 0.3 is 0 Å². The first kappa shape index (κ1) is 23.8. The van der Waals surface area contributed by atoms with Crippen LogP contribution in [-0.2, 0) is 20.5 Å². The van der Waals surface area contributed by atoms with Crippen LogP contribution < -0.4 is 10.6 Å². The highest BCUT2D eigenvalue weighted by Crippen LogP contribution is 2.42. The van der Waals surface area contributed by atoms with Gasteiger partial charge < -0.3 is 24.4 Å². The molecule has 1 aromatic carbocycles. The fourth-order valence-corrected chi connectivity index (χ4v) is 10.8. The van der Waals surface area contributed by atoms with Gasteiger partial charge in [-0.15, -0.1) is 0 Å². The maximum absolute atomic E-state index is 12.1. The highest BCUT2D eigenvalue weighted by Gasteiger charge is 2.44. The van der Waals surface area contributed by atoms with E-state index in [1.165, 1.54) is 0 Å². The Morgan fingerprint density at radius 3 is 2.45 bits per heavy atom. The maximum atomic E-state index is 12.1. The summed E-state index contributed by atoms with van der Waals surface area (Å²) in [6.45, 7) is 16.6. The van der Waals surface area contributed by atoms with Crippen molar-refractivity contribution in [1.82, 2.24) is 9.55 Å². The molecule has 1 aliphatic rings. The number of amides is 1. The number of rotatable bonds is 9. The van der Waals surface area contributed by atoms with Gasteiger partial charge in [-0.2, -0.15) is 0 Å². The molecule has 0 radical (unpaired) electrons. The van der Waals surface area contributed by atoms with Crippen LogP contribution in [0.5, 0.6) is 0 Å². The van der Waals surface area contributed by atoms with Crippen molar-refractivity contribution in [3.8, 4) is 0 Å². The summed E-state index contributed by atoms with van der Waals surface area (Å²) < 4.78 is 14.0. The molecule has 0 bridgehead atoms. The summed E-state index contributed by atoms with van der Waals surface area (Å²) in [7, 11) is -1.85. The lowest BCUT2D eigenvalue weighted by atomic mass is 10.2. The third-order valence-corrected chi connectivity index (χ3v) is 12.8. The highest BCUT2D eigenvalue weighted by atomic mass is 28.4. The standard InChI is InChI=1S/C23H38N4O3Si/c1-16(2)31(17(3)4,18(5)6)30-12-7-10-27-21-9-8-19(14-20(21)25-23(27)24)26-11-13-29-15-22(26)28/h8-9,14,16-18H,7,10-13,15H2,1-6H3,(H2,24,25). The molecule has 0 atom stereocenters. The third-order valence-electron chi connectivity index (χ3n) is 6.64. The molecule has 1 aromatic heterocycles. The minimum absolute atomic E-state index is 0.0248. The molecule has 1 amide bonds. The van der Waals surface area contributed by atoms with Crippen LogP contribution in [0.1, 0.15) is 48.0 Å². The van der Waals surface area contributed by atoms with Crippen LogP contribution in [0.15, 0.2) is 18.2 Å². The predicted molar refractivity (Wildman–Crippen MR) is 129 cm³/mol. The number of ether oxygens (including phenoxy) is 1. The van der Waals surface area contributed by atoms with Crippen molar-refractivity contribution in [2.24, 2.45) is 0 Å². The molecule has 2 heterocycles. The number of benzene rings is 1. The van der Waals surface area contributed by atoms with Gasteiger partial charge in [0.05, 0.1) is 17.6 Å². The molecule has 172 valence electrons. The molecule has 0 saturated carbocycles. The number of hydrogen-bond donors (Lipinski definition) is 1. The lowest BCUT2D eigenvalue weighted by Gasteiger charge is -2.42. The smallest absolute Gasteiger partial charge is 0.253 e. The Morgan fingerprint density at radius 1 is 1.16 bits per heavy atom. The molecule has 0 spiro atoms. The van der Waals surface area contributed by atoms with Gasteiger partial charge in [0.25, 0.3) is 5.91 Å². The van der Waals surface area contributed by atoms with Crippen LogP contribution in [0.4, 0.5) is 11.6 Å². The first-order valence-corrected chi connectivity index (χ1v) is 13.6. The number of aryl methyl sites for hydroxylation is 1. The number of carbonyl (C=O) groups excluding carboxylic acids is 1. The molecule has 0 unspecified atom stereocenters. The zero-order valence-electron chi connectivity index (χ0n) is 19.9. The normalized spacial score (nSPS) is 15.8. The first-order chi connectivity index (χ1) is 14.7. The van der Waals surface area contributed by atoms with Gasteiger partial charge in [-0.1, -0.05) is 41.5 Å². The largest absolute Gasteiger partial charge is 0.416 e. The number of nitrogens with zero attached hydrogens (tertiary/aromatic N) is 3. The molecule has 7 nitrogen and oxygen atoms in total. The van der Waals surface area contributed by atoms with E-state index in [0.29, 0.717) is 35.7 Å². The van der Waals surface area contributed by atoms with Gasteiger partial charge in [-0.25, -0.2) is 4.98 Å². The fraction of sp³-hybridized carbons (Fsp3) is 0.652. The Morgan fingerprint density at radius 2 is 1.84 bits per heavy atom. The predicted octanol–water partition coefficient (Wildman–Crippen LogP) is 4.56. The number of imidazole rings is 1. The second-order valence-corrected chi connectivity index (χ2v) is 14.9. The molecular weight excluding hydrogens is 408 g/mol. The first-order valence-electron chi connectivity index (χ1n) is 11.5. The number of hydrogen-bond acceptors (Lipinski definition) is 5. The Balaban J connectivity index is 1.71. The SMILES string of the molecule is CC(C)[Si](OCCCn1c(N)nc2cc(N3CCOCC3=O)ccc21)(C(C)C)C(C)C.